The molecule has 8 heteroatoms. The van der Waals surface area contributed by atoms with Crippen LogP contribution in [-0.4, -0.2) is 46.8 Å². The van der Waals surface area contributed by atoms with E-state index in [1.54, 1.807) is 36.4 Å². The molecule has 0 amide bonds. The van der Waals surface area contributed by atoms with E-state index in [2.05, 4.69) is 15.9 Å². The zero-order valence-corrected chi connectivity index (χ0v) is 26.1. The molecule has 6 aromatic rings. The van der Waals surface area contributed by atoms with E-state index in [9.17, 15) is 19.2 Å². The fourth-order valence-corrected chi connectivity index (χ4v) is 5.33. The number of halogens is 1. The Bertz CT molecular complexity index is 2040. The molecule has 0 aliphatic heterocycles. The van der Waals surface area contributed by atoms with Gasteiger partial charge < -0.3 is 19.4 Å². The summed E-state index contributed by atoms with van der Waals surface area (Å²) in [6.45, 7) is -0.0604. The maximum absolute atomic E-state index is 12.7. The highest BCUT2D eigenvalue weighted by molar-refractivity contribution is 9.09. The Morgan fingerprint density at radius 2 is 1.02 bits per heavy atom. The van der Waals surface area contributed by atoms with Crippen molar-refractivity contribution >= 4 is 72.4 Å². The van der Waals surface area contributed by atoms with E-state index in [0.29, 0.717) is 23.0 Å². The molecule has 1 N–H and O–H groups in total. The SMILES string of the molecule is O=C(O)c1ccc2ccccc2c1.O=CC[C@@H](OC(=O)c1ccc2ccccc2c1)[C@H](Br)COC(=O)c1ccc2ccccc2c1. The van der Waals surface area contributed by atoms with Crippen LogP contribution in [0.25, 0.3) is 32.3 Å². The number of carboxylic acids is 1. The number of carbonyl (C=O) groups is 4. The second-order valence-electron chi connectivity index (χ2n) is 10.5. The van der Waals surface area contributed by atoms with Gasteiger partial charge in [-0.15, -0.1) is 0 Å². The minimum atomic E-state index is -0.884. The first-order chi connectivity index (χ1) is 22.3. The largest absolute Gasteiger partial charge is 0.478 e. The van der Waals surface area contributed by atoms with Crippen molar-refractivity contribution in [3.63, 3.8) is 0 Å². The van der Waals surface area contributed by atoms with E-state index in [-0.39, 0.29) is 13.0 Å². The Kier molecular flexibility index (Phi) is 10.5. The lowest BCUT2D eigenvalue weighted by atomic mass is 10.1. The topological polar surface area (TPSA) is 107 Å². The van der Waals surface area contributed by atoms with Crippen LogP contribution in [0.1, 0.15) is 37.5 Å². The summed E-state index contributed by atoms with van der Waals surface area (Å²) >= 11 is 3.41. The van der Waals surface area contributed by atoms with Crippen LogP contribution in [0, 0.1) is 0 Å². The third-order valence-electron chi connectivity index (χ3n) is 7.33. The summed E-state index contributed by atoms with van der Waals surface area (Å²) < 4.78 is 11.0. The van der Waals surface area contributed by atoms with Gasteiger partial charge in [0.2, 0.25) is 0 Å². The third-order valence-corrected chi connectivity index (χ3v) is 8.18. The van der Waals surface area contributed by atoms with Crippen molar-refractivity contribution in [2.75, 3.05) is 6.61 Å². The van der Waals surface area contributed by atoms with Gasteiger partial charge in [-0.1, -0.05) is 107 Å². The number of hydrogen-bond acceptors (Lipinski definition) is 6. The van der Waals surface area contributed by atoms with E-state index in [0.717, 1.165) is 32.3 Å². The van der Waals surface area contributed by atoms with Crippen molar-refractivity contribution in [2.24, 2.45) is 0 Å². The molecule has 0 saturated heterocycles. The number of aromatic carboxylic acids is 1. The van der Waals surface area contributed by atoms with Gasteiger partial charge in [-0.2, -0.15) is 0 Å². The monoisotopic (exact) mass is 676 g/mol. The Labute approximate surface area is 273 Å². The number of alkyl halides is 1. The third kappa shape index (κ3) is 8.02. The van der Waals surface area contributed by atoms with Gasteiger partial charge in [-0.05, 0) is 68.7 Å². The lowest BCUT2D eigenvalue weighted by Crippen LogP contribution is -2.32. The number of benzene rings is 6. The number of rotatable bonds is 9. The molecule has 0 heterocycles. The second kappa shape index (κ2) is 15.1. The Morgan fingerprint density at radius 1 is 0.609 bits per heavy atom. The number of ether oxygens (including phenoxy) is 2. The summed E-state index contributed by atoms with van der Waals surface area (Å²) in [4.78, 5) is 46.5. The van der Waals surface area contributed by atoms with Gasteiger partial charge in [0.25, 0.3) is 0 Å². The first-order valence-electron chi connectivity index (χ1n) is 14.5. The molecule has 7 nitrogen and oxygen atoms in total. The molecule has 0 radical (unpaired) electrons. The fourth-order valence-electron chi connectivity index (χ4n) is 4.87. The van der Waals surface area contributed by atoms with E-state index in [1.165, 1.54) is 0 Å². The quantitative estimate of drug-likeness (QED) is 0.0933. The molecule has 2 atom stereocenters. The number of hydrogen-bond donors (Lipinski definition) is 1. The summed E-state index contributed by atoms with van der Waals surface area (Å²) in [5, 5.41) is 14.7. The minimum Gasteiger partial charge on any atom is -0.478 e. The highest BCUT2D eigenvalue weighted by Gasteiger charge is 2.25. The lowest BCUT2D eigenvalue weighted by molar-refractivity contribution is -0.109. The van der Waals surface area contributed by atoms with E-state index in [4.69, 9.17) is 14.6 Å². The molecule has 0 aromatic heterocycles. The molecular weight excluding hydrogens is 648 g/mol. The van der Waals surface area contributed by atoms with Gasteiger partial charge >= 0.3 is 17.9 Å². The first kappa shape index (κ1) is 32.1. The average Bonchev–Trinajstić information content (AvgIpc) is 3.09. The number of esters is 2. The Morgan fingerprint density at radius 3 is 1.48 bits per heavy atom. The molecule has 0 spiro atoms. The first-order valence-corrected chi connectivity index (χ1v) is 15.4. The molecule has 230 valence electrons. The van der Waals surface area contributed by atoms with E-state index >= 15 is 0 Å². The molecule has 0 fully saturated rings. The van der Waals surface area contributed by atoms with Crippen LogP contribution >= 0.6 is 15.9 Å². The number of aldehydes is 1. The van der Waals surface area contributed by atoms with Crippen LogP contribution in [0.5, 0.6) is 0 Å². The van der Waals surface area contributed by atoms with Gasteiger partial charge in [0.05, 0.1) is 21.5 Å². The predicted octanol–water partition coefficient (Wildman–Crippen LogP) is 8.27. The summed E-state index contributed by atoms with van der Waals surface area (Å²) in [5.41, 5.74) is 1.14. The summed E-state index contributed by atoms with van der Waals surface area (Å²) in [7, 11) is 0. The van der Waals surface area contributed by atoms with Crippen LogP contribution in [0.2, 0.25) is 0 Å². The molecule has 46 heavy (non-hydrogen) atoms. The Hall–Kier alpha value is -5.34. The van der Waals surface area contributed by atoms with Gasteiger partial charge in [-0.3, -0.25) is 0 Å². The zero-order chi connectivity index (χ0) is 32.5. The van der Waals surface area contributed by atoms with Crippen molar-refractivity contribution in [3.05, 3.63) is 144 Å². The molecule has 0 saturated carbocycles. The molecule has 0 bridgehead atoms. The van der Waals surface area contributed by atoms with Crippen molar-refractivity contribution in [1.29, 1.82) is 0 Å². The molecular formula is C38H29BrO7. The summed E-state index contributed by atoms with van der Waals surface area (Å²) in [5.74, 6) is -1.92. The molecule has 6 aromatic carbocycles. The minimum absolute atomic E-state index is 0.0250. The molecule has 6 rings (SSSR count). The normalized spacial score (nSPS) is 12.0. The lowest BCUT2D eigenvalue weighted by Gasteiger charge is -2.21. The van der Waals surface area contributed by atoms with Crippen LogP contribution < -0.4 is 0 Å². The summed E-state index contributed by atoms with van der Waals surface area (Å²) in [6.07, 6.45) is -0.133. The number of carbonyl (C=O) groups excluding carboxylic acids is 3. The van der Waals surface area contributed by atoms with E-state index in [1.807, 2.05) is 91.0 Å². The maximum atomic E-state index is 12.7. The van der Waals surface area contributed by atoms with Crippen molar-refractivity contribution in [2.45, 2.75) is 17.4 Å². The highest BCUT2D eigenvalue weighted by atomic mass is 79.9. The highest BCUT2D eigenvalue weighted by Crippen LogP contribution is 2.21. The Balaban J connectivity index is 0.000000266. The van der Waals surface area contributed by atoms with Crippen LogP contribution in [0.15, 0.2) is 127 Å². The average molecular weight is 678 g/mol. The van der Waals surface area contributed by atoms with Crippen molar-refractivity contribution in [1.82, 2.24) is 0 Å². The van der Waals surface area contributed by atoms with Crippen molar-refractivity contribution < 1.29 is 33.8 Å². The standard InChI is InChI=1S/C27H21BrO5.C11H8O2/c28-24(17-32-26(30)22-11-9-18-5-1-3-7-20(18)15-22)25(13-14-29)33-27(31)23-12-10-19-6-2-4-8-21(19)16-23;12-11(13)10-6-5-8-3-1-2-4-9(8)7-10/h1-12,14-16,24-25H,13,17H2;1-7H,(H,12,13)/t24-,25-;/m1./s1. The van der Waals surface area contributed by atoms with Gasteiger partial charge in [0.15, 0.2) is 0 Å². The van der Waals surface area contributed by atoms with Gasteiger partial charge in [-0.25, -0.2) is 14.4 Å². The fraction of sp³-hybridized carbons (Fsp3) is 0.105. The molecule has 0 aliphatic carbocycles. The van der Waals surface area contributed by atoms with Crippen LogP contribution in [-0.2, 0) is 14.3 Å². The zero-order valence-electron chi connectivity index (χ0n) is 24.5. The number of fused-ring (bicyclic) bond motifs is 3. The number of carboxylic acid groups (broad SMARTS) is 1. The van der Waals surface area contributed by atoms with Crippen LogP contribution in [0.3, 0.4) is 0 Å². The van der Waals surface area contributed by atoms with Crippen LogP contribution in [0.4, 0.5) is 0 Å². The predicted molar refractivity (Wildman–Crippen MR) is 182 cm³/mol. The van der Waals surface area contributed by atoms with Crippen molar-refractivity contribution in [3.8, 4) is 0 Å². The van der Waals surface area contributed by atoms with E-state index < -0.39 is 28.8 Å². The van der Waals surface area contributed by atoms with Gasteiger partial charge in [0.1, 0.15) is 19.0 Å². The summed E-state index contributed by atoms with van der Waals surface area (Å²) in [6, 6.07) is 38.8. The molecule has 0 unspecified atom stereocenters. The second-order valence-corrected chi connectivity index (χ2v) is 11.6. The molecule has 0 aliphatic rings. The maximum Gasteiger partial charge on any atom is 0.338 e. The smallest absolute Gasteiger partial charge is 0.338 e. The van der Waals surface area contributed by atoms with Gasteiger partial charge in [0, 0.05) is 6.42 Å².